The van der Waals surface area contributed by atoms with Crippen LogP contribution in [0.4, 0.5) is 24.5 Å². The van der Waals surface area contributed by atoms with Crippen LogP contribution in [0.5, 0.6) is 0 Å². The Balaban J connectivity index is 2.74. The summed E-state index contributed by atoms with van der Waals surface area (Å²) in [6, 6.07) is 9.82. The van der Waals surface area contributed by atoms with Gasteiger partial charge < -0.3 is 11.5 Å². The molecule has 6 heteroatoms. The number of benzene rings is 2. The van der Waals surface area contributed by atoms with Crippen LogP contribution < -0.4 is 11.5 Å². The van der Waals surface area contributed by atoms with Crippen LogP contribution in [0.25, 0.3) is 10.8 Å². The molecule has 0 fully saturated rings. The zero-order valence-corrected chi connectivity index (χ0v) is 11.6. The lowest BCUT2D eigenvalue weighted by Gasteiger charge is -2.12. The van der Waals surface area contributed by atoms with E-state index in [1.54, 1.807) is 24.3 Å². The second kappa shape index (κ2) is 5.93. The molecular formula is C16H14F3N3. The molecule has 0 aliphatic heterocycles. The van der Waals surface area contributed by atoms with Gasteiger partial charge in [0.1, 0.15) is 0 Å². The first-order valence-electron chi connectivity index (χ1n) is 6.36. The van der Waals surface area contributed by atoms with Gasteiger partial charge in [0.05, 0.1) is 5.69 Å². The normalized spacial score (nSPS) is 13.4. The van der Waals surface area contributed by atoms with Crippen molar-refractivity contribution >= 4 is 27.9 Å². The van der Waals surface area contributed by atoms with E-state index in [4.69, 9.17) is 11.5 Å². The summed E-state index contributed by atoms with van der Waals surface area (Å²) in [5.41, 5.74) is 10.3. The smallest absolute Gasteiger partial charge is 0.404 e. The van der Waals surface area contributed by atoms with E-state index >= 15 is 0 Å². The molecule has 0 aromatic heterocycles. The van der Waals surface area contributed by atoms with Gasteiger partial charge in [-0.25, -0.2) is 4.99 Å². The molecule has 4 N–H and O–H groups in total. The summed E-state index contributed by atoms with van der Waals surface area (Å²) in [5.74, 6) is 0. The third kappa shape index (κ3) is 2.95. The van der Waals surface area contributed by atoms with E-state index in [0.29, 0.717) is 16.5 Å². The van der Waals surface area contributed by atoms with E-state index < -0.39 is 11.9 Å². The molecule has 0 spiro atoms. The van der Waals surface area contributed by atoms with Crippen LogP contribution in [-0.2, 0) is 0 Å². The van der Waals surface area contributed by atoms with Gasteiger partial charge in [-0.1, -0.05) is 36.9 Å². The van der Waals surface area contributed by atoms with Gasteiger partial charge in [-0.15, -0.1) is 0 Å². The predicted octanol–water partition coefficient (Wildman–Crippen LogP) is 4.09. The lowest BCUT2D eigenvalue weighted by atomic mass is 10.1. The van der Waals surface area contributed by atoms with Crippen molar-refractivity contribution in [3.8, 4) is 0 Å². The highest BCUT2D eigenvalue weighted by atomic mass is 19.4. The van der Waals surface area contributed by atoms with Crippen LogP contribution in [0.1, 0.15) is 0 Å². The molecular weight excluding hydrogens is 291 g/mol. The van der Waals surface area contributed by atoms with E-state index in [-0.39, 0.29) is 11.3 Å². The van der Waals surface area contributed by atoms with Crippen molar-refractivity contribution < 1.29 is 13.2 Å². The van der Waals surface area contributed by atoms with Crippen LogP contribution >= 0.6 is 0 Å². The molecule has 0 heterocycles. The molecule has 2 aromatic rings. The Morgan fingerprint density at radius 2 is 1.73 bits per heavy atom. The maximum atomic E-state index is 13.2. The van der Waals surface area contributed by atoms with E-state index in [0.717, 1.165) is 12.3 Å². The summed E-state index contributed by atoms with van der Waals surface area (Å²) in [4.78, 5) is 3.76. The molecule has 2 rings (SSSR count). The monoisotopic (exact) mass is 305 g/mol. The van der Waals surface area contributed by atoms with Gasteiger partial charge in [0.15, 0.2) is 5.71 Å². The number of anilines is 1. The summed E-state index contributed by atoms with van der Waals surface area (Å²) in [6.07, 6.45) is -2.80. The Labute approximate surface area is 125 Å². The van der Waals surface area contributed by atoms with Gasteiger partial charge in [0, 0.05) is 28.2 Å². The van der Waals surface area contributed by atoms with Gasteiger partial charge in [0.2, 0.25) is 0 Å². The number of nitrogen functional groups attached to an aromatic ring is 1. The zero-order chi connectivity index (χ0) is 16.3. The first kappa shape index (κ1) is 15.6. The van der Waals surface area contributed by atoms with Gasteiger partial charge >= 0.3 is 6.18 Å². The number of rotatable bonds is 3. The van der Waals surface area contributed by atoms with Crippen molar-refractivity contribution in [3.63, 3.8) is 0 Å². The topological polar surface area (TPSA) is 64.4 Å². The molecule has 0 aliphatic carbocycles. The number of halogens is 3. The number of alkyl halides is 3. The number of hydrogen-bond acceptors (Lipinski definition) is 3. The molecule has 0 radical (unpaired) electrons. The third-order valence-electron chi connectivity index (χ3n) is 3.11. The molecule has 0 amide bonds. The SMILES string of the molecule is C=CC(=CN)C(=Nc1ccc(N)c2ccccc12)C(F)(F)F. The van der Waals surface area contributed by atoms with E-state index in [1.807, 2.05) is 0 Å². The van der Waals surface area contributed by atoms with Crippen LogP contribution in [0.15, 0.2) is 65.8 Å². The molecule has 3 nitrogen and oxygen atoms in total. The van der Waals surface area contributed by atoms with Crippen molar-refractivity contribution in [3.05, 3.63) is 60.8 Å². The maximum Gasteiger partial charge on any atom is 0.434 e. The zero-order valence-electron chi connectivity index (χ0n) is 11.6. The fraction of sp³-hybridized carbons (Fsp3) is 0.0625. The summed E-state index contributed by atoms with van der Waals surface area (Å²) in [6.45, 7) is 3.34. The fourth-order valence-electron chi connectivity index (χ4n) is 2.06. The second-order valence-corrected chi connectivity index (χ2v) is 4.50. The molecule has 114 valence electrons. The number of hydrogen-bond donors (Lipinski definition) is 2. The van der Waals surface area contributed by atoms with Gasteiger partial charge in [-0.3, -0.25) is 0 Å². The van der Waals surface area contributed by atoms with E-state index in [9.17, 15) is 13.2 Å². The molecule has 0 bridgehead atoms. The molecule has 0 saturated heterocycles. The molecule has 22 heavy (non-hydrogen) atoms. The van der Waals surface area contributed by atoms with E-state index in [1.165, 1.54) is 12.1 Å². The molecule has 2 aromatic carbocycles. The third-order valence-corrected chi connectivity index (χ3v) is 3.11. The lowest BCUT2D eigenvalue weighted by molar-refractivity contribution is -0.0580. The molecule has 0 saturated carbocycles. The Kier molecular flexibility index (Phi) is 4.21. The largest absolute Gasteiger partial charge is 0.434 e. The fourth-order valence-corrected chi connectivity index (χ4v) is 2.06. The standard InChI is InChI=1S/C16H14F3N3/c1-2-10(9-20)15(16(17,18)19)22-14-8-7-13(21)11-5-3-4-6-12(11)14/h2-9H,1,20-21H2. The summed E-state index contributed by atoms with van der Waals surface area (Å²) < 4.78 is 39.6. The van der Waals surface area contributed by atoms with Crippen LogP contribution in [0.2, 0.25) is 0 Å². The minimum atomic E-state index is -4.65. The van der Waals surface area contributed by atoms with Crippen molar-refractivity contribution in [2.45, 2.75) is 6.18 Å². The Hall–Kier alpha value is -2.76. The highest BCUT2D eigenvalue weighted by Crippen LogP contribution is 2.33. The van der Waals surface area contributed by atoms with Gasteiger partial charge in [0.25, 0.3) is 0 Å². The number of aliphatic imine (C=N–C) groups is 1. The lowest BCUT2D eigenvalue weighted by Crippen LogP contribution is -2.24. The van der Waals surface area contributed by atoms with E-state index in [2.05, 4.69) is 11.6 Å². The Morgan fingerprint density at radius 1 is 1.09 bits per heavy atom. The van der Waals surface area contributed by atoms with Gasteiger partial charge in [-0.2, -0.15) is 13.2 Å². The number of allylic oxidation sites excluding steroid dienone is 2. The van der Waals surface area contributed by atoms with Gasteiger partial charge in [-0.05, 0) is 12.1 Å². The summed E-state index contributed by atoms with van der Waals surface area (Å²) in [7, 11) is 0. The minimum Gasteiger partial charge on any atom is -0.404 e. The highest BCUT2D eigenvalue weighted by molar-refractivity contribution is 6.10. The van der Waals surface area contributed by atoms with Crippen molar-refractivity contribution in [1.29, 1.82) is 0 Å². The van der Waals surface area contributed by atoms with Crippen molar-refractivity contribution in [1.82, 2.24) is 0 Å². The molecule has 0 atom stereocenters. The molecule has 0 unspecified atom stereocenters. The predicted molar refractivity (Wildman–Crippen MR) is 84.0 cm³/mol. The second-order valence-electron chi connectivity index (χ2n) is 4.50. The quantitative estimate of drug-likeness (QED) is 0.509. The van der Waals surface area contributed by atoms with Crippen LogP contribution in [-0.4, -0.2) is 11.9 Å². The van der Waals surface area contributed by atoms with Crippen LogP contribution in [0.3, 0.4) is 0 Å². The number of nitrogens with zero attached hydrogens (tertiary/aromatic N) is 1. The first-order chi connectivity index (χ1) is 10.4. The number of nitrogens with two attached hydrogens (primary N) is 2. The highest BCUT2D eigenvalue weighted by Gasteiger charge is 2.37. The Bertz CT molecular complexity index is 774. The van der Waals surface area contributed by atoms with Crippen LogP contribution in [0, 0.1) is 0 Å². The Morgan fingerprint density at radius 3 is 2.27 bits per heavy atom. The van der Waals surface area contributed by atoms with Crippen molar-refractivity contribution in [2.24, 2.45) is 10.7 Å². The maximum absolute atomic E-state index is 13.2. The van der Waals surface area contributed by atoms with Crippen molar-refractivity contribution in [2.75, 3.05) is 5.73 Å². The average molecular weight is 305 g/mol. The average Bonchev–Trinajstić information content (AvgIpc) is 2.49. The summed E-state index contributed by atoms with van der Waals surface area (Å²) >= 11 is 0. The minimum absolute atomic E-state index is 0.165. The summed E-state index contributed by atoms with van der Waals surface area (Å²) in [5, 5.41) is 1.17. The molecule has 0 aliphatic rings. The first-order valence-corrected chi connectivity index (χ1v) is 6.36. The number of fused-ring (bicyclic) bond motifs is 1.